The fourth-order valence-corrected chi connectivity index (χ4v) is 2.17. The summed E-state index contributed by atoms with van der Waals surface area (Å²) in [4.78, 5) is 4.41. The maximum absolute atomic E-state index is 8.45. The van der Waals surface area contributed by atoms with E-state index in [0.29, 0.717) is 6.42 Å². The number of nitrogens with two attached hydrogens (primary N) is 1. The van der Waals surface area contributed by atoms with Gasteiger partial charge in [0.15, 0.2) is 0 Å². The summed E-state index contributed by atoms with van der Waals surface area (Å²) in [6, 6.07) is 8.04. The number of rotatable bonds is 5. The topological polar surface area (TPSA) is 83.5 Å². The number of oxime groups is 1. The molecule has 19 heavy (non-hydrogen) atoms. The average Bonchev–Trinajstić information content (AvgIpc) is 2.42. The Morgan fingerprint density at radius 1 is 1.47 bits per heavy atom. The van der Waals surface area contributed by atoms with E-state index in [1.54, 1.807) is 6.20 Å². The molecule has 6 heteroatoms. The molecule has 2 rings (SSSR count). The van der Waals surface area contributed by atoms with Gasteiger partial charge in [-0.25, -0.2) is 0 Å². The summed E-state index contributed by atoms with van der Waals surface area (Å²) in [5, 5.41) is 15.8. The van der Waals surface area contributed by atoms with Gasteiger partial charge in [-0.1, -0.05) is 17.3 Å². The van der Waals surface area contributed by atoms with Crippen LogP contribution >= 0.6 is 15.9 Å². The SMILES string of the molecule is N/C(CCCNc1cccc2cc(Br)cnc12)=N/O. The highest BCUT2D eigenvalue weighted by Gasteiger charge is 2.02. The van der Waals surface area contributed by atoms with Crippen LogP contribution in [0.3, 0.4) is 0 Å². The van der Waals surface area contributed by atoms with Crippen molar-refractivity contribution >= 4 is 38.4 Å². The number of anilines is 1. The molecule has 0 spiro atoms. The lowest BCUT2D eigenvalue weighted by molar-refractivity contribution is 0.316. The Kier molecular flexibility index (Phi) is 4.57. The first-order chi connectivity index (χ1) is 9.20. The van der Waals surface area contributed by atoms with Crippen molar-refractivity contribution in [2.45, 2.75) is 12.8 Å². The third-order valence-electron chi connectivity index (χ3n) is 2.73. The van der Waals surface area contributed by atoms with Crippen LogP contribution in [0.2, 0.25) is 0 Å². The predicted molar refractivity (Wildman–Crippen MR) is 80.6 cm³/mol. The Hall–Kier alpha value is -1.82. The first kappa shape index (κ1) is 13.6. The monoisotopic (exact) mass is 322 g/mol. The summed E-state index contributed by atoms with van der Waals surface area (Å²) < 4.78 is 0.962. The predicted octanol–water partition coefficient (Wildman–Crippen LogP) is 2.94. The van der Waals surface area contributed by atoms with Gasteiger partial charge in [0.25, 0.3) is 0 Å². The summed E-state index contributed by atoms with van der Waals surface area (Å²) in [6.45, 7) is 0.743. The van der Waals surface area contributed by atoms with E-state index in [1.807, 2.05) is 24.3 Å². The van der Waals surface area contributed by atoms with Crippen molar-refractivity contribution in [2.75, 3.05) is 11.9 Å². The maximum atomic E-state index is 8.45. The standard InChI is InChI=1S/C13H15BrN4O/c14-10-7-9-3-1-4-11(13(9)17-8-10)16-6-2-5-12(15)18-19/h1,3-4,7-8,16,19H,2,5-6H2,(H2,15,18). The van der Waals surface area contributed by atoms with Gasteiger partial charge in [-0.2, -0.15) is 0 Å². The lowest BCUT2D eigenvalue weighted by Gasteiger charge is -2.09. The second kappa shape index (κ2) is 6.38. The van der Waals surface area contributed by atoms with Crippen molar-refractivity contribution in [3.8, 4) is 0 Å². The van der Waals surface area contributed by atoms with Crippen LogP contribution in [0.4, 0.5) is 5.69 Å². The zero-order valence-corrected chi connectivity index (χ0v) is 11.9. The summed E-state index contributed by atoms with van der Waals surface area (Å²) in [5.74, 6) is 0.252. The van der Waals surface area contributed by atoms with Crippen molar-refractivity contribution in [2.24, 2.45) is 10.9 Å². The number of benzene rings is 1. The quantitative estimate of drug-likeness (QED) is 0.260. The number of hydrogen-bond acceptors (Lipinski definition) is 4. The van der Waals surface area contributed by atoms with Crippen LogP contribution in [0.1, 0.15) is 12.8 Å². The lowest BCUT2D eigenvalue weighted by Crippen LogP contribution is -2.13. The number of para-hydroxylation sites is 1. The van der Waals surface area contributed by atoms with E-state index >= 15 is 0 Å². The van der Waals surface area contributed by atoms with Crippen molar-refractivity contribution in [3.63, 3.8) is 0 Å². The van der Waals surface area contributed by atoms with Gasteiger partial charge in [0.05, 0.1) is 11.2 Å². The minimum atomic E-state index is 0.252. The van der Waals surface area contributed by atoms with Gasteiger partial charge >= 0.3 is 0 Å². The van der Waals surface area contributed by atoms with E-state index in [9.17, 15) is 0 Å². The zero-order chi connectivity index (χ0) is 13.7. The minimum absolute atomic E-state index is 0.252. The third-order valence-corrected chi connectivity index (χ3v) is 3.16. The Bertz CT molecular complexity index is 600. The van der Waals surface area contributed by atoms with Crippen LogP contribution in [0.25, 0.3) is 10.9 Å². The van der Waals surface area contributed by atoms with Crippen LogP contribution in [0.15, 0.2) is 40.1 Å². The molecule has 1 aromatic carbocycles. The third kappa shape index (κ3) is 3.57. The number of pyridine rings is 1. The molecule has 1 aromatic heterocycles. The molecular formula is C13H15BrN4O. The number of halogens is 1. The highest BCUT2D eigenvalue weighted by atomic mass is 79.9. The molecule has 0 aliphatic rings. The van der Waals surface area contributed by atoms with Crippen molar-refractivity contribution in [1.29, 1.82) is 0 Å². The molecule has 0 aliphatic carbocycles. The highest BCUT2D eigenvalue weighted by Crippen LogP contribution is 2.23. The molecule has 0 unspecified atom stereocenters. The van der Waals surface area contributed by atoms with Gasteiger partial charge in [0, 0.05) is 29.0 Å². The smallest absolute Gasteiger partial charge is 0.139 e. The Morgan fingerprint density at radius 2 is 2.32 bits per heavy atom. The van der Waals surface area contributed by atoms with Gasteiger partial charge in [-0.15, -0.1) is 0 Å². The number of hydrogen-bond donors (Lipinski definition) is 3. The van der Waals surface area contributed by atoms with Gasteiger partial charge in [-0.3, -0.25) is 4.98 Å². The molecule has 0 aliphatic heterocycles. The van der Waals surface area contributed by atoms with E-state index in [-0.39, 0.29) is 5.84 Å². The molecule has 0 saturated heterocycles. The Balaban J connectivity index is 2.04. The number of nitrogens with one attached hydrogen (secondary N) is 1. The summed E-state index contributed by atoms with van der Waals surface area (Å²) in [7, 11) is 0. The molecule has 0 fully saturated rings. The van der Waals surface area contributed by atoms with Crippen LogP contribution in [0, 0.1) is 0 Å². The van der Waals surface area contributed by atoms with Gasteiger partial charge in [-0.05, 0) is 34.5 Å². The molecular weight excluding hydrogens is 308 g/mol. The zero-order valence-electron chi connectivity index (χ0n) is 10.3. The molecule has 0 bridgehead atoms. The largest absolute Gasteiger partial charge is 0.409 e. The van der Waals surface area contributed by atoms with Crippen LogP contribution in [-0.4, -0.2) is 22.6 Å². The molecule has 0 radical (unpaired) electrons. The summed E-state index contributed by atoms with van der Waals surface area (Å²) >= 11 is 3.41. The highest BCUT2D eigenvalue weighted by molar-refractivity contribution is 9.10. The second-order valence-electron chi connectivity index (χ2n) is 4.15. The minimum Gasteiger partial charge on any atom is -0.409 e. The number of aromatic nitrogens is 1. The Morgan fingerprint density at radius 3 is 3.11 bits per heavy atom. The molecule has 0 saturated carbocycles. The summed E-state index contributed by atoms with van der Waals surface area (Å²) in [6.07, 6.45) is 3.14. The molecule has 5 nitrogen and oxygen atoms in total. The fourth-order valence-electron chi connectivity index (χ4n) is 1.82. The van der Waals surface area contributed by atoms with Gasteiger partial charge < -0.3 is 16.3 Å². The lowest BCUT2D eigenvalue weighted by atomic mass is 10.2. The maximum Gasteiger partial charge on any atom is 0.139 e. The summed E-state index contributed by atoms with van der Waals surface area (Å²) in [5.41, 5.74) is 7.34. The first-order valence-electron chi connectivity index (χ1n) is 5.95. The van der Waals surface area contributed by atoms with Crippen LogP contribution in [0.5, 0.6) is 0 Å². The van der Waals surface area contributed by atoms with Crippen molar-refractivity contribution < 1.29 is 5.21 Å². The van der Waals surface area contributed by atoms with Gasteiger partial charge in [0.2, 0.25) is 0 Å². The number of fused-ring (bicyclic) bond motifs is 1. The molecule has 100 valence electrons. The van der Waals surface area contributed by atoms with Crippen LogP contribution < -0.4 is 11.1 Å². The average molecular weight is 323 g/mol. The van der Waals surface area contributed by atoms with E-state index in [2.05, 4.69) is 31.4 Å². The fraction of sp³-hybridized carbons (Fsp3) is 0.231. The molecule has 0 atom stereocenters. The second-order valence-corrected chi connectivity index (χ2v) is 5.07. The van der Waals surface area contributed by atoms with Gasteiger partial charge in [0.1, 0.15) is 5.84 Å². The van der Waals surface area contributed by atoms with Crippen molar-refractivity contribution in [3.05, 3.63) is 34.9 Å². The van der Waals surface area contributed by atoms with E-state index in [1.165, 1.54) is 0 Å². The first-order valence-corrected chi connectivity index (χ1v) is 6.74. The number of amidine groups is 1. The van der Waals surface area contributed by atoms with E-state index < -0.39 is 0 Å². The normalized spacial score (nSPS) is 11.7. The van der Waals surface area contributed by atoms with Crippen LogP contribution in [-0.2, 0) is 0 Å². The molecule has 1 heterocycles. The van der Waals surface area contributed by atoms with Crippen molar-refractivity contribution in [1.82, 2.24) is 4.98 Å². The molecule has 0 amide bonds. The molecule has 2 aromatic rings. The van der Waals surface area contributed by atoms with E-state index in [0.717, 1.165) is 34.0 Å². The molecule has 4 N–H and O–H groups in total. The Labute approximate surface area is 119 Å². The number of nitrogens with zero attached hydrogens (tertiary/aromatic N) is 2. The van der Waals surface area contributed by atoms with E-state index in [4.69, 9.17) is 10.9 Å².